The van der Waals surface area contributed by atoms with E-state index >= 15 is 0 Å². The third-order valence-corrected chi connectivity index (χ3v) is 4.82. The summed E-state index contributed by atoms with van der Waals surface area (Å²) in [7, 11) is 1.67. The number of rotatable bonds is 5. The number of aryl methyl sites for hydroxylation is 3. The number of fused-ring (bicyclic) bond motifs is 1. The van der Waals surface area contributed by atoms with E-state index in [1.54, 1.807) is 16.3 Å². The average molecular weight is 360 g/mol. The van der Waals surface area contributed by atoms with E-state index < -0.39 is 0 Å². The first-order valence-electron chi connectivity index (χ1n) is 9.39. The molecule has 0 saturated carbocycles. The van der Waals surface area contributed by atoms with Gasteiger partial charge in [0.05, 0.1) is 5.69 Å². The fraction of sp³-hybridized carbons (Fsp3) is 0.667. The molecule has 0 saturated heterocycles. The normalized spacial score (nSPS) is 17.2. The topological polar surface area (TPSA) is 86.7 Å². The molecule has 0 bridgehead atoms. The predicted octanol–water partition coefficient (Wildman–Crippen LogP) is 1.13. The number of hydrogen-bond acceptors (Lipinski definition) is 4. The van der Waals surface area contributed by atoms with Gasteiger partial charge in [0, 0.05) is 32.6 Å². The molecule has 1 amide bonds. The van der Waals surface area contributed by atoms with Crippen LogP contribution in [0.2, 0.25) is 0 Å². The van der Waals surface area contributed by atoms with Gasteiger partial charge in [0.2, 0.25) is 0 Å². The molecule has 1 N–H and O–H groups in total. The summed E-state index contributed by atoms with van der Waals surface area (Å²) in [4.78, 5) is 24.8. The van der Waals surface area contributed by atoms with E-state index in [0.717, 1.165) is 30.8 Å². The van der Waals surface area contributed by atoms with Crippen molar-refractivity contribution in [2.75, 3.05) is 0 Å². The highest BCUT2D eigenvalue weighted by Crippen LogP contribution is 2.14. The Morgan fingerprint density at radius 2 is 2.12 bits per heavy atom. The SMILES string of the molecule is CCn1nc(CC(C)C)cc1C(=O)NC1CCc2nn(C)c(=O)n2CC1. The Morgan fingerprint density at radius 3 is 2.81 bits per heavy atom. The van der Waals surface area contributed by atoms with E-state index in [0.29, 0.717) is 31.1 Å². The van der Waals surface area contributed by atoms with Crippen molar-refractivity contribution in [2.45, 2.75) is 65.6 Å². The minimum Gasteiger partial charge on any atom is -0.348 e. The van der Waals surface area contributed by atoms with E-state index in [9.17, 15) is 9.59 Å². The monoisotopic (exact) mass is 360 g/mol. The second kappa shape index (κ2) is 7.47. The van der Waals surface area contributed by atoms with Crippen molar-refractivity contribution in [1.29, 1.82) is 0 Å². The molecule has 0 spiro atoms. The number of hydrogen-bond donors (Lipinski definition) is 1. The average Bonchev–Trinajstić information content (AvgIpc) is 3.04. The van der Waals surface area contributed by atoms with Crippen LogP contribution < -0.4 is 11.0 Å². The molecule has 0 aliphatic carbocycles. The lowest BCUT2D eigenvalue weighted by Gasteiger charge is -2.16. The fourth-order valence-corrected chi connectivity index (χ4v) is 3.51. The van der Waals surface area contributed by atoms with Crippen molar-refractivity contribution < 1.29 is 4.79 Å². The van der Waals surface area contributed by atoms with Crippen LogP contribution in [-0.2, 0) is 33.0 Å². The second-order valence-corrected chi connectivity index (χ2v) is 7.41. The molecule has 8 heteroatoms. The van der Waals surface area contributed by atoms with Crippen LogP contribution in [0.5, 0.6) is 0 Å². The van der Waals surface area contributed by atoms with Gasteiger partial charge >= 0.3 is 5.69 Å². The summed E-state index contributed by atoms with van der Waals surface area (Å²) in [6.45, 7) is 7.52. The van der Waals surface area contributed by atoms with Crippen LogP contribution in [0.25, 0.3) is 0 Å². The summed E-state index contributed by atoms with van der Waals surface area (Å²) in [5.74, 6) is 1.21. The quantitative estimate of drug-likeness (QED) is 0.866. The van der Waals surface area contributed by atoms with Crippen LogP contribution in [0.3, 0.4) is 0 Å². The van der Waals surface area contributed by atoms with Crippen molar-refractivity contribution in [3.8, 4) is 0 Å². The molecular formula is C18H28N6O2. The van der Waals surface area contributed by atoms with Gasteiger partial charge in [0.1, 0.15) is 11.5 Å². The number of nitrogens with zero attached hydrogens (tertiary/aromatic N) is 5. The highest BCUT2D eigenvalue weighted by Gasteiger charge is 2.23. The lowest BCUT2D eigenvalue weighted by Crippen LogP contribution is -2.36. The van der Waals surface area contributed by atoms with Gasteiger partial charge in [-0.3, -0.25) is 14.0 Å². The van der Waals surface area contributed by atoms with Gasteiger partial charge in [-0.15, -0.1) is 0 Å². The Kier molecular flexibility index (Phi) is 5.29. The van der Waals surface area contributed by atoms with Gasteiger partial charge in [0.15, 0.2) is 0 Å². The zero-order valence-corrected chi connectivity index (χ0v) is 16.0. The Balaban J connectivity index is 1.69. The molecule has 0 fully saturated rings. The highest BCUT2D eigenvalue weighted by atomic mass is 16.2. The summed E-state index contributed by atoms with van der Waals surface area (Å²) in [6.07, 6.45) is 3.05. The van der Waals surface area contributed by atoms with E-state index in [1.807, 2.05) is 13.0 Å². The summed E-state index contributed by atoms with van der Waals surface area (Å²) in [5, 5.41) is 12.0. The van der Waals surface area contributed by atoms with E-state index in [1.165, 1.54) is 4.68 Å². The molecule has 3 rings (SSSR count). The lowest BCUT2D eigenvalue weighted by atomic mass is 10.1. The zero-order valence-electron chi connectivity index (χ0n) is 16.0. The van der Waals surface area contributed by atoms with Crippen LogP contribution in [-0.4, -0.2) is 36.1 Å². The van der Waals surface area contributed by atoms with Crippen molar-refractivity contribution in [2.24, 2.45) is 13.0 Å². The Labute approximate surface area is 153 Å². The van der Waals surface area contributed by atoms with Gasteiger partial charge in [-0.2, -0.15) is 10.2 Å². The first-order chi connectivity index (χ1) is 12.4. The summed E-state index contributed by atoms with van der Waals surface area (Å²) >= 11 is 0. The number of amides is 1. The molecule has 1 unspecified atom stereocenters. The first kappa shape index (κ1) is 18.4. The molecule has 0 aromatic carbocycles. The lowest BCUT2D eigenvalue weighted by molar-refractivity contribution is 0.0922. The Hall–Kier alpha value is -2.38. The van der Waals surface area contributed by atoms with Crippen molar-refractivity contribution in [3.63, 3.8) is 0 Å². The number of carbonyl (C=O) groups is 1. The fourth-order valence-electron chi connectivity index (χ4n) is 3.51. The van der Waals surface area contributed by atoms with Crippen molar-refractivity contribution in [3.05, 3.63) is 33.8 Å². The van der Waals surface area contributed by atoms with Gasteiger partial charge in [-0.05, 0) is 38.2 Å². The smallest absolute Gasteiger partial charge is 0.345 e. The largest absolute Gasteiger partial charge is 0.348 e. The Bertz CT molecular complexity index is 844. The van der Waals surface area contributed by atoms with Crippen LogP contribution in [0.15, 0.2) is 10.9 Å². The van der Waals surface area contributed by atoms with Crippen molar-refractivity contribution in [1.82, 2.24) is 29.4 Å². The third-order valence-electron chi connectivity index (χ3n) is 4.82. The van der Waals surface area contributed by atoms with E-state index in [-0.39, 0.29) is 17.6 Å². The minimum absolute atomic E-state index is 0.0302. The van der Waals surface area contributed by atoms with Crippen LogP contribution in [0.1, 0.15) is 55.6 Å². The molecule has 0 radical (unpaired) electrons. The van der Waals surface area contributed by atoms with E-state index in [2.05, 4.69) is 29.4 Å². The number of carbonyl (C=O) groups excluding carboxylic acids is 1. The molecule has 1 atom stereocenters. The van der Waals surface area contributed by atoms with E-state index in [4.69, 9.17) is 0 Å². The first-order valence-corrected chi connectivity index (χ1v) is 9.39. The molecule has 2 aromatic heterocycles. The van der Waals surface area contributed by atoms with Crippen molar-refractivity contribution >= 4 is 5.91 Å². The van der Waals surface area contributed by atoms with Gasteiger partial charge in [0.25, 0.3) is 5.91 Å². The summed E-state index contributed by atoms with van der Waals surface area (Å²) in [6, 6.07) is 1.93. The molecule has 1 aliphatic heterocycles. The van der Waals surface area contributed by atoms with Gasteiger partial charge in [-0.1, -0.05) is 13.8 Å². The molecule has 1 aliphatic rings. The molecule has 26 heavy (non-hydrogen) atoms. The minimum atomic E-state index is -0.0909. The maximum Gasteiger partial charge on any atom is 0.345 e. The molecule has 142 valence electrons. The standard InChI is InChI=1S/C18H28N6O2/c1-5-24-15(11-14(20-24)10-12(2)3)17(25)19-13-6-7-16-21-22(4)18(26)23(16)9-8-13/h11-13H,5-10H2,1-4H3,(H,19,25). The third kappa shape index (κ3) is 3.73. The summed E-state index contributed by atoms with van der Waals surface area (Å²) in [5.41, 5.74) is 1.48. The molecule has 2 aromatic rings. The second-order valence-electron chi connectivity index (χ2n) is 7.41. The van der Waals surface area contributed by atoms with Gasteiger partial charge < -0.3 is 5.32 Å². The maximum atomic E-state index is 12.8. The predicted molar refractivity (Wildman–Crippen MR) is 98.1 cm³/mol. The zero-order chi connectivity index (χ0) is 18.8. The number of nitrogens with one attached hydrogen (secondary N) is 1. The van der Waals surface area contributed by atoms with Crippen LogP contribution >= 0.6 is 0 Å². The van der Waals surface area contributed by atoms with Crippen LogP contribution in [0, 0.1) is 5.92 Å². The molecular weight excluding hydrogens is 332 g/mol. The molecule has 3 heterocycles. The summed E-state index contributed by atoms with van der Waals surface area (Å²) < 4.78 is 4.86. The number of aromatic nitrogens is 5. The molecule has 8 nitrogen and oxygen atoms in total. The Morgan fingerprint density at radius 1 is 1.35 bits per heavy atom. The highest BCUT2D eigenvalue weighted by molar-refractivity contribution is 5.92. The van der Waals surface area contributed by atoms with Gasteiger partial charge in [-0.25, -0.2) is 9.48 Å². The maximum absolute atomic E-state index is 12.8. The van der Waals surface area contributed by atoms with Crippen LogP contribution in [0.4, 0.5) is 0 Å².